The Morgan fingerprint density at radius 2 is 1.73 bits per heavy atom. The molecule has 0 spiro atoms. The molecule has 3 aromatic rings. The summed E-state index contributed by atoms with van der Waals surface area (Å²) in [6.07, 6.45) is 0. The Bertz CT molecular complexity index is 735. The highest BCUT2D eigenvalue weighted by atomic mass is 32.2. The van der Waals surface area contributed by atoms with Crippen LogP contribution in [-0.2, 0) is 6.54 Å². The van der Waals surface area contributed by atoms with Gasteiger partial charge in [0.05, 0.1) is 6.54 Å². The molecule has 5 heteroatoms. The number of benzene rings is 2. The highest BCUT2D eigenvalue weighted by Crippen LogP contribution is 2.25. The molecule has 0 aliphatic rings. The number of nitrogen functional groups attached to an aromatic ring is 1. The molecule has 4 nitrogen and oxygen atoms in total. The van der Waals surface area contributed by atoms with Gasteiger partial charge in [-0.1, -0.05) is 61.2 Å². The Labute approximate surface area is 134 Å². The lowest BCUT2D eigenvalue weighted by Crippen LogP contribution is -2.04. The number of anilines is 1. The van der Waals surface area contributed by atoms with E-state index in [1.54, 1.807) is 11.8 Å². The van der Waals surface area contributed by atoms with E-state index in [2.05, 4.69) is 33.8 Å². The third kappa shape index (κ3) is 3.14. The Kier molecular flexibility index (Phi) is 4.44. The molecule has 0 aliphatic carbocycles. The second-order valence-corrected chi connectivity index (χ2v) is 6.16. The van der Waals surface area contributed by atoms with Gasteiger partial charge in [-0.3, -0.25) is 4.57 Å². The van der Waals surface area contributed by atoms with Crippen molar-refractivity contribution in [1.82, 2.24) is 14.8 Å². The number of nitrogens with two attached hydrogens (primary N) is 1. The molecule has 0 saturated carbocycles. The molecule has 0 saturated heterocycles. The maximum Gasteiger partial charge on any atom is 0.191 e. The molecular formula is C17H18N4S. The summed E-state index contributed by atoms with van der Waals surface area (Å²) in [4.78, 5) is 0. The van der Waals surface area contributed by atoms with E-state index in [-0.39, 0.29) is 0 Å². The smallest absolute Gasteiger partial charge is 0.191 e. The van der Waals surface area contributed by atoms with E-state index < -0.39 is 0 Å². The van der Waals surface area contributed by atoms with Gasteiger partial charge in [0.2, 0.25) is 0 Å². The highest BCUT2D eigenvalue weighted by molar-refractivity contribution is 7.99. The number of nitrogens with zero attached hydrogens (tertiary/aromatic N) is 3. The molecule has 1 heterocycles. The average molecular weight is 310 g/mol. The van der Waals surface area contributed by atoms with Crippen LogP contribution in [0.3, 0.4) is 0 Å². The van der Waals surface area contributed by atoms with Gasteiger partial charge in [0.1, 0.15) is 0 Å². The summed E-state index contributed by atoms with van der Waals surface area (Å²) in [6.45, 7) is 2.86. The molecule has 3 rings (SSSR count). The van der Waals surface area contributed by atoms with E-state index in [9.17, 15) is 0 Å². The van der Waals surface area contributed by atoms with Crippen molar-refractivity contribution in [2.75, 3.05) is 11.5 Å². The van der Waals surface area contributed by atoms with Crippen LogP contribution in [0.1, 0.15) is 12.5 Å². The van der Waals surface area contributed by atoms with Crippen LogP contribution in [0.15, 0.2) is 59.8 Å². The molecular weight excluding hydrogens is 292 g/mol. The van der Waals surface area contributed by atoms with Crippen LogP contribution in [0, 0.1) is 0 Å². The predicted molar refractivity (Wildman–Crippen MR) is 91.8 cm³/mol. The van der Waals surface area contributed by atoms with E-state index in [4.69, 9.17) is 5.73 Å². The third-order valence-electron chi connectivity index (χ3n) is 3.34. The first kappa shape index (κ1) is 14.7. The van der Waals surface area contributed by atoms with Gasteiger partial charge in [-0.2, -0.15) is 0 Å². The molecule has 0 atom stereocenters. The summed E-state index contributed by atoms with van der Waals surface area (Å²) >= 11 is 1.70. The van der Waals surface area contributed by atoms with Gasteiger partial charge in [-0.15, -0.1) is 10.2 Å². The van der Waals surface area contributed by atoms with Crippen LogP contribution in [0.2, 0.25) is 0 Å². The van der Waals surface area contributed by atoms with Crippen molar-refractivity contribution in [3.8, 4) is 11.4 Å². The summed E-state index contributed by atoms with van der Waals surface area (Å²) < 4.78 is 2.16. The zero-order chi connectivity index (χ0) is 15.4. The predicted octanol–water partition coefficient (Wildman–Crippen LogP) is 3.69. The first-order valence-electron chi connectivity index (χ1n) is 7.23. The Morgan fingerprint density at radius 3 is 2.41 bits per heavy atom. The van der Waals surface area contributed by atoms with E-state index >= 15 is 0 Å². The summed E-state index contributed by atoms with van der Waals surface area (Å²) in [7, 11) is 0. The van der Waals surface area contributed by atoms with E-state index in [1.165, 1.54) is 5.56 Å². The zero-order valence-electron chi connectivity index (χ0n) is 12.4. The van der Waals surface area contributed by atoms with Gasteiger partial charge in [0.25, 0.3) is 0 Å². The summed E-state index contributed by atoms with van der Waals surface area (Å²) in [5.74, 6) is 1.86. The van der Waals surface area contributed by atoms with Crippen molar-refractivity contribution < 1.29 is 0 Å². The highest BCUT2D eigenvalue weighted by Gasteiger charge is 2.14. The summed E-state index contributed by atoms with van der Waals surface area (Å²) in [6, 6.07) is 18.1. The fourth-order valence-corrected chi connectivity index (χ4v) is 2.94. The van der Waals surface area contributed by atoms with Gasteiger partial charge in [-0.25, -0.2) is 0 Å². The van der Waals surface area contributed by atoms with Gasteiger partial charge in [-0.05, 0) is 23.4 Å². The minimum absolute atomic E-state index is 0.736. The van der Waals surface area contributed by atoms with Crippen LogP contribution < -0.4 is 5.73 Å². The molecule has 0 fully saturated rings. The van der Waals surface area contributed by atoms with Gasteiger partial charge in [0, 0.05) is 11.3 Å². The largest absolute Gasteiger partial charge is 0.399 e. The molecule has 0 aliphatic heterocycles. The van der Waals surface area contributed by atoms with E-state index in [0.717, 1.165) is 34.5 Å². The topological polar surface area (TPSA) is 56.7 Å². The summed E-state index contributed by atoms with van der Waals surface area (Å²) in [5, 5.41) is 9.68. The van der Waals surface area contributed by atoms with Crippen LogP contribution >= 0.6 is 11.8 Å². The number of aromatic nitrogens is 3. The summed E-state index contributed by atoms with van der Waals surface area (Å²) in [5.41, 5.74) is 8.80. The molecule has 0 radical (unpaired) electrons. The SMILES string of the molecule is CCSc1nnc(-c2ccccc2)n1Cc1ccc(N)cc1. The molecule has 2 aromatic carbocycles. The molecule has 0 bridgehead atoms. The monoisotopic (exact) mass is 310 g/mol. The van der Waals surface area contributed by atoms with Crippen molar-refractivity contribution in [2.45, 2.75) is 18.6 Å². The standard InChI is InChI=1S/C17H18N4S/c1-2-22-17-20-19-16(14-6-4-3-5-7-14)21(17)12-13-8-10-15(18)11-9-13/h3-11H,2,12,18H2,1H3. The van der Waals surface area contributed by atoms with Crippen molar-refractivity contribution in [2.24, 2.45) is 0 Å². The number of rotatable bonds is 5. The zero-order valence-corrected chi connectivity index (χ0v) is 13.3. The molecule has 0 unspecified atom stereocenters. The van der Waals surface area contributed by atoms with Crippen LogP contribution in [0.25, 0.3) is 11.4 Å². The number of hydrogen-bond donors (Lipinski definition) is 1. The Hall–Kier alpha value is -2.27. The third-order valence-corrected chi connectivity index (χ3v) is 4.19. The van der Waals surface area contributed by atoms with Crippen molar-refractivity contribution in [3.05, 3.63) is 60.2 Å². The average Bonchev–Trinajstić information content (AvgIpc) is 2.94. The van der Waals surface area contributed by atoms with Crippen LogP contribution in [0.5, 0.6) is 0 Å². The maximum absolute atomic E-state index is 5.76. The van der Waals surface area contributed by atoms with Crippen LogP contribution in [0.4, 0.5) is 5.69 Å². The van der Waals surface area contributed by atoms with Gasteiger partial charge < -0.3 is 5.73 Å². The second kappa shape index (κ2) is 6.66. The molecule has 22 heavy (non-hydrogen) atoms. The Morgan fingerprint density at radius 1 is 1.00 bits per heavy atom. The minimum Gasteiger partial charge on any atom is -0.399 e. The fraction of sp³-hybridized carbons (Fsp3) is 0.176. The normalized spacial score (nSPS) is 10.8. The second-order valence-electron chi connectivity index (χ2n) is 4.93. The van der Waals surface area contributed by atoms with E-state index in [1.807, 2.05) is 42.5 Å². The lowest BCUT2D eigenvalue weighted by atomic mass is 10.2. The fourth-order valence-electron chi connectivity index (χ4n) is 2.27. The van der Waals surface area contributed by atoms with Gasteiger partial charge in [0.15, 0.2) is 11.0 Å². The molecule has 2 N–H and O–H groups in total. The first-order valence-corrected chi connectivity index (χ1v) is 8.22. The first-order chi connectivity index (χ1) is 10.8. The van der Waals surface area contributed by atoms with Crippen molar-refractivity contribution >= 4 is 17.4 Å². The number of thioether (sulfide) groups is 1. The van der Waals surface area contributed by atoms with Crippen LogP contribution in [-0.4, -0.2) is 20.5 Å². The lowest BCUT2D eigenvalue weighted by molar-refractivity contribution is 0.715. The number of hydrogen-bond acceptors (Lipinski definition) is 4. The molecule has 112 valence electrons. The molecule has 1 aromatic heterocycles. The lowest BCUT2D eigenvalue weighted by Gasteiger charge is -2.10. The quantitative estimate of drug-likeness (QED) is 0.577. The Balaban J connectivity index is 1.99. The maximum atomic E-state index is 5.76. The van der Waals surface area contributed by atoms with Gasteiger partial charge >= 0.3 is 0 Å². The van der Waals surface area contributed by atoms with Crippen molar-refractivity contribution in [3.63, 3.8) is 0 Å². The minimum atomic E-state index is 0.736. The molecule has 0 amide bonds. The van der Waals surface area contributed by atoms with E-state index in [0.29, 0.717) is 0 Å². The van der Waals surface area contributed by atoms with Crippen molar-refractivity contribution in [1.29, 1.82) is 0 Å².